The third-order valence-electron chi connectivity index (χ3n) is 5.99. The summed E-state index contributed by atoms with van der Waals surface area (Å²) in [6, 6.07) is 0. The topological polar surface area (TPSA) is 228 Å². The molecule has 3 aliphatic rings. The molecule has 14 heteroatoms. The van der Waals surface area contributed by atoms with Crippen molar-refractivity contribution in [3.05, 3.63) is 0 Å². The number of rotatable bonds is 5. The van der Waals surface area contributed by atoms with Gasteiger partial charge in [-0.1, -0.05) is 0 Å². The molecule has 0 aromatic rings. The Morgan fingerprint density at radius 3 is 1.78 bits per heavy atom. The van der Waals surface area contributed by atoms with Gasteiger partial charge >= 0.3 is 0 Å². The molecule has 0 amide bonds. The fraction of sp³-hybridized carbons (Fsp3) is 1.00. The quantitative estimate of drug-likeness (QED) is 0.182. The zero-order valence-electron chi connectivity index (χ0n) is 17.4. The second-order valence-corrected chi connectivity index (χ2v) is 8.34. The van der Waals surface area contributed by atoms with E-state index >= 15 is 0 Å². The predicted octanol–water partition coefficient (Wildman–Crippen LogP) is -5.52. The van der Waals surface area contributed by atoms with Gasteiger partial charge in [-0.2, -0.15) is 0 Å². The van der Waals surface area contributed by atoms with Crippen LogP contribution in [0, 0.1) is 0 Å². The van der Waals surface area contributed by atoms with Crippen LogP contribution in [0.5, 0.6) is 0 Å². The molecule has 0 saturated carbocycles. The van der Waals surface area contributed by atoms with Crippen LogP contribution in [0.25, 0.3) is 0 Å². The average Bonchev–Trinajstić information content (AvgIpc) is 2.76. The van der Waals surface area contributed by atoms with Gasteiger partial charge in [-0.05, 0) is 13.8 Å². The SMILES string of the molecule is C[C@@H]1O[C@@H](O[C@@H]2[C@@H](O)[C@H](C)O[C@@H](OC[C@H]3OC(O)[C@H](O)[C@@H](O)[C@H]3O)[C@@H]2O)[C@H](O)[C@H](O)[C@H]1O. The van der Waals surface area contributed by atoms with Crippen molar-refractivity contribution in [2.75, 3.05) is 6.61 Å². The molecule has 1 unspecified atom stereocenters. The van der Waals surface area contributed by atoms with Crippen molar-refractivity contribution in [1.82, 2.24) is 0 Å². The molecule has 0 aromatic heterocycles. The number of aliphatic hydroxyl groups excluding tert-OH is 9. The van der Waals surface area contributed by atoms with Gasteiger partial charge in [-0.25, -0.2) is 0 Å². The summed E-state index contributed by atoms with van der Waals surface area (Å²) in [7, 11) is 0. The first kappa shape index (κ1) is 26.1. The number of hydrogen-bond donors (Lipinski definition) is 9. The highest BCUT2D eigenvalue weighted by molar-refractivity contribution is 4.93. The molecule has 0 bridgehead atoms. The van der Waals surface area contributed by atoms with E-state index in [9.17, 15) is 46.0 Å². The van der Waals surface area contributed by atoms with Crippen molar-refractivity contribution in [2.45, 2.75) is 106 Å². The van der Waals surface area contributed by atoms with E-state index in [0.29, 0.717) is 0 Å². The van der Waals surface area contributed by atoms with Gasteiger partial charge in [0.15, 0.2) is 18.9 Å². The summed E-state index contributed by atoms with van der Waals surface area (Å²) < 4.78 is 26.7. The molecule has 3 aliphatic heterocycles. The molecule has 188 valence electrons. The van der Waals surface area contributed by atoms with E-state index in [4.69, 9.17) is 23.7 Å². The molecular weight excluding hydrogens is 440 g/mol. The van der Waals surface area contributed by atoms with Crippen LogP contribution in [-0.2, 0) is 23.7 Å². The van der Waals surface area contributed by atoms with Crippen LogP contribution in [0.15, 0.2) is 0 Å². The number of hydrogen-bond acceptors (Lipinski definition) is 14. The lowest BCUT2D eigenvalue weighted by Gasteiger charge is -2.46. The summed E-state index contributed by atoms with van der Waals surface area (Å²) in [5.41, 5.74) is 0. The van der Waals surface area contributed by atoms with Crippen molar-refractivity contribution in [3.63, 3.8) is 0 Å². The van der Waals surface area contributed by atoms with Crippen molar-refractivity contribution in [2.24, 2.45) is 0 Å². The van der Waals surface area contributed by atoms with Gasteiger partial charge in [0.1, 0.15) is 61.0 Å². The molecule has 0 spiro atoms. The Morgan fingerprint density at radius 2 is 1.12 bits per heavy atom. The zero-order valence-corrected chi connectivity index (χ0v) is 17.4. The Morgan fingerprint density at radius 1 is 0.562 bits per heavy atom. The first-order chi connectivity index (χ1) is 14.9. The molecule has 3 fully saturated rings. The molecular formula is C18H32O14. The fourth-order valence-corrected chi connectivity index (χ4v) is 3.83. The molecule has 14 nitrogen and oxygen atoms in total. The van der Waals surface area contributed by atoms with Gasteiger partial charge in [0.05, 0.1) is 18.8 Å². The number of ether oxygens (including phenoxy) is 5. The Hall–Kier alpha value is -0.560. The lowest BCUT2D eigenvalue weighted by molar-refractivity contribution is -0.359. The smallest absolute Gasteiger partial charge is 0.187 e. The fourth-order valence-electron chi connectivity index (χ4n) is 3.83. The molecule has 0 aliphatic carbocycles. The third kappa shape index (κ3) is 5.08. The van der Waals surface area contributed by atoms with Crippen LogP contribution in [0.3, 0.4) is 0 Å². The highest BCUT2D eigenvalue weighted by Gasteiger charge is 2.50. The third-order valence-corrected chi connectivity index (χ3v) is 5.99. The van der Waals surface area contributed by atoms with Crippen LogP contribution in [0.2, 0.25) is 0 Å². The Bertz CT molecular complexity index is 610. The Balaban J connectivity index is 1.64. The standard InChI is InChI=1S/C18H32O14/c1-4-7(19)10(22)13(25)18(30-4)32-15-8(20)5(2)29-17(14(15)26)28-3-6-9(21)11(23)12(24)16(27)31-6/h4-27H,3H2,1-2H3/t4-,5-,6+,7-,8-,9-,10+,11-,12+,13+,14+,15+,16?,17+,18-/m0/s1. The van der Waals surface area contributed by atoms with E-state index in [-0.39, 0.29) is 0 Å². The second kappa shape index (κ2) is 10.4. The summed E-state index contributed by atoms with van der Waals surface area (Å²) in [5, 5.41) is 89.8. The summed E-state index contributed by atoms with van der Waals surface area (Å²) in [6.07, 6.45) is -21.9. The van der Waals surface area contributed by atoms with E-state index in [1.165, 1.54) is 13.8 Å². The lowest BCUT2D eigenvalue weighted by atomic mass is 9.97. The van der Waals surface area contributed by atoms with E-state index in [1.54, 1.807) is 0 Å². The Labute approximate surface area is 183 Å². The molecule has 0 radical (unpaired) electrons. The van der Waals surface area contributed by atoms with Gasteiger partial charge in [0.2, 0.25) is 0 Å². The summed E-state index contributed by atoms with van der Waals surface area (Å²) in [5.74, 6) is 0. The molecule has 9 N–H and O–H groups in total. The normalized spacial score (nSPS) is 55.0. The monoisotopic (exact) mass is 472 g/mol. The number of aliphatic hydroxyl groups is 9. The van der Waals surface area contributed by atoms with Crippen molar-refractivity contribution >= 4 is 0 Å². The van der Waals surface area contributed by atoms with Gasteiger partial charge in [-0.3, -0.25) is 0 Å². The first-order valence-electron chi connectivity index (χ1n) is 10.3. The van der Waals surface area contributed by atoms with E-state index in [1.807, 2.05) is 0 Å². The maximum atomic E-state index is 10.6. The van der Waals surface area contributed by atoms with Crippen LogP contribution < -0.4 is 0 Å². The minimum absolute atomic E-state index is 0.482. The van der Waals surface area contributed by atoms with Crippen molar-refractivity contribution in [3.8, 4) is 0 Å². The van der Waals surface area contributed by atoms with E-state index in [0.717, 1.165) is 0 Å². The first-order valence-corrected chi connectivity index (χ1v) is 10.3. The van der Waals surface area contributed by atoms with Crippen LogP contribution in [-0.4, -0.2) is 145 Å². The molecule has 32 heavy (non-hydrogen) atoms. The molecule has 15 atom stereocenters. The van der Waals surface area contributed by atoms with Gasteiger partial charge < -0.3 is 69.6 Å². The summed E-state index contributed by atoms with van der Waals surface area (Å²) in [6.45, 7) is 2.42. The molecule has 0 aromatic carbocycles. The van der Waals surface area contributed by atoms with Crippen molar-refractivity contribution in [1.29, 1.82) is 0 Å². The second-order valence-electron chi connectivity index (χ2n) is 8.34. The van der Waals surface area contributed by atoms with Crippen LogP contribution in [0.4, 0.5) is 0 Å². The van der Waals surface area contributed by atoms with Gasteiger partial charge in [-0.15, -0.1) is 0 Å². The van der Waals surface area contributed by atoms with E-state index in [2.05, 4.69) is 0 Å². The van der Waals surface area contributed by atoms with Crippen LogP contribution >= 0.6 is 0 Å². The summed E-state index contributed by atoms with van der Waals surface area (Å²) >= 11 is 0. The highest BCUT2D eigenvalue weighted by Crippen LogP contribution is 2.30. The zero-order chi connectivity index (χ0) is 23.9. The maximum Gasteiger partial charge on any atom is 0.187 e. The predicted molar refractivity (Wildman–Crippen MR) is 98.4 cm³/mol. The van der Waals surface area contributed by atoms with Gasteiger partial charge in [0, 0.05) is 0 Å². The van der Waals surface area contributed by atoms with Crippen LogP contribution in [0.1, 0.15) is 13.8 Å². The average molecular weight is 472 g/mol. The Kier molecular flexibility index (Phi) is 8.44. The highest BCUT2D eigenvalue weighted by atomic mass is 16.7. The van der Waals surface area contributed by atoms with Gasteiger partial charge in [0.25, 0.3) is 0 Å². The minimum Gasteiger partial charge on any atom is -0.388 e. The maximum absolute atomic E-state index is 10.6. The molecule has 3 heterocycles. The largest absolute Gasteiger partial charge is 0.388 e. The molecule has 3 saturated heterocycles. The lowest BCUT2D eigenvalue weighted by Crippen LogP contribution is -2.64. The summed E-state index contributed by atoms with van der Waals surface area (Å²) in [4.78, 5) is 0. The minimum atomic E-state index is -1.77. The molecule has 3 rings (SSSR count). The van der Waals surface area contributed by atoms with Crippen molar-refractivity contribution < 1.29 is 69.6 Å². The van der Waals surface area contributed by atoms with E-state index < -0.39 is 98.7 Å².